The van der Waals surface area contributed by atoms with Gasteiger partial charge in [0.1, 0.15) is 5.69 Å². The van der Waals surface area contributed by atoms with Gasteiger partial charge in [0.05, 0.1) is 4.90 Å². The van der Waals surface area contributed by atoms with Crippen LogP contribution >= 0.6 is 0 Å². The monoisotopic (exact) mass is 430 g/mol. The van der Waals surface area contributed by atoms with E-state index < -0.39 is 10.0 Å². The highest BCUT2D eigenvalue weighted by atomic mass is 32.2. The molecule has 0 saturated carbocycles. The number of aromatic nitrogens is 1. The first-order valence-electron chi connectivity index (χ1n) is 9.97. The van der Waals surface area contributed by atoms with Gasteiger partial charge in [0, 0.05) is 44.0 Å². The van der Waals surface area contributed by atoms with Crippen molar-refractivity contribution in [1.29, 1.82) is 0 Å². The predicted octanol–water partition coefficient (Wildman–Crippen LogP) is 1.76. The molecule has 1 aromatic carbocycles. The lowest BCUT2D eigenvalue weighted by atomic mass is 10.2. The maximum absolute atomic E-state index is 12.7. The first-order valence-corrected chi connectivity index (χ1v) is 11.5. The molecule has 160 valence electrons. The highest BCUT2D eigenvalue weighted by molar-refractivity contribution is 7.89. The number of nitrogens with zero attached hydrogens (tertiary/aromatic N) is 3. The fourth-order valence-electron chi connectivity index (χ4n) is 3.45. The number of benzene rings is 1. The van der Waals surface area contributed by atoms with E-state index >= 15 is 0 Å². The second kappa shape index (κ2) is 9.36. The summed E-state index contributed by atoms with van der Waals surface area (Å²) in [6.45, 7) is 5.72. The van der Waals surface area contributed by atoms with Gasteiger partial charge in [-0.25, -0.2) is 13.1 Å². The van der Waals surface area contributed by atoms with E-state index in [1.165, 1.54) is 24.3 Å². The number of rotatable bonds is 7. The van der Waals surface area contributed by atoms with Crippen LogP contribution in [0, 0.1) is 0 Å². The normalized spacial score (nSPS) is 16.5. The molecule has 0 aliphatic carbocycles. The molecule has 1 saturated heterocycles. The molecule has 0 unspecified atom stereocenters. The Hall–Kier alpha value is -2.78. The quantitative estimate of drug-likeness (QED) is 0.722. The van der Waals surface area contributed by atoms with Gasteiger partial charge in [-0.2, -0.15) is 0 Å². The van der Waals surface area contributed by atoms with Crippen LogP contribution in [0.1, 0.15) is 41.1 Å². The second-order valence-electron chi connectivity index (χ2n) is 7.07. The number of nitrogens with one attached hydrogen (secondary N) is 1. The Kier molecular flexibility index (Phi) is 6.84. The summed E-state index contributed by atoms with van der Waals surface area (Å²) < 4.78 is 28.1. The maximum Gasteiger partial charge on any atom is 0.272 e. The molecule has 0 radical (unpaired) electrons. The Balaban J connectivity index is 1.64. The Morgan fingerprint density at radius 3 is 2.43 bits per heavy atom. The first-order chi connectivity index (χ1) is 14.4. The maximum atomic E-state index is 12.7. The van der Waals surface area contributed by atoms with Crippen LogP contribution in [0.15, 0.2) is 53.6 Å². The topological polar surface area (TPSA) is 99.7 Å². The Bertz CT molecular complexity index is 989. The van der Waals surface area contributed by atoms with Crippen molar-refractivity contribution in [3.63, 3.8) is 0 Å². The third kappa shape index (κ3) is 4.85. The van der Waals surface area contributed by atoms with Crippen LogP contribution in [0.25, 0.3) is 0 Å². The first kappa shape index (κ1) is 21.9. The molecule has 1 aromatic heterocycles. The van der Waals surface area contributed by atoms with Crippen molar-refractivity contribution in [2.24, 2.45) is 0 Å². The number of carbonyl (C=O) groups is 2. The third-order valence-electron chi connectivity index (χ3n) is 5.14. The minimum Gasteiger partial charge on any atom is -0.339 e. The average Bonchev–Trinajstić information content (AvgIpc) is 3.22. The van der Waals surface area contributed by atoms with Crippen molar-refractivity contribution in [2.75, 3.05) is 26.2 Å². The summed E-state index contributed by atoms with van der Waals surface area (Å²) >= 11 is 0. The second-order valence-corrected chi connectivity index (χ2v) is 8.79. The van der Waals surface area contributed by atoms with Crippen LogP contribution in [0.2, 0.25) is 0 Å². The van der Waals surface area contributed by atoms with Gasteiger partial charge in [-0.1, -0.05) is 6.07 Å². The molecule has 2 aromatic rings. The van der Waals surface area contributed by atoms with E-state index in [0.29, 0.717) is 37.3 Å². The molecule has 2 heterocycles. The van der Waals surface area contributed by atoms with Gasteiger partial charge in [-0.05, 0) is 56.7 Å². The van der Waals surface area contributed by atoms with Crippen molar-refractivity contribution in [1.82, 2.24) is 19.5 Å². The van der Waals surface area contributed by atoms with Crippen LogP contribution in [-0.4, -0.2) is 67.2 Å². The number of likely N-dealkylation sites (tertiary alicyclic amines) is 1. The molecule has 8 nitrogen and oxygen atoms in total. The Labute approximate surface area is 177 Å². The number of hydrogen-bond donors (Lipinski definition) is 1. The zero-order valence-corrected chi connectivity index (χ0v) is 17.9. The molecule has 1 fully saturated rings. The van der Waals surface area contributed by atoms with Crippen molar-refractivity contribution in [3.05, 3.63) is 59.9 Å². The lowest BCUT2D eigenvalue weighted by Crippen LogP contribution is -2.38. The number of pyridine rings is 1. The molecule has 9 heteroatoms. The standard InChI is InChI=1S/C21H26N4O4S/c1-3-24(4-2)20(26)16-8-10-18(11-9-16)30(28,29)23-17-12-14-25(15-17)21(27)19-7-5-6-13-22-19/h5-11,13,17,23H,3-4,12,14-15H2,1-2H3/t17-/m0/s1. The molecule has 3 rings (SSSR count). The molecular formula is C21H26N4O4S. The summed E-state index contributed by atoms with van der Waals surface area (Å²) in [4.78, 5) is 32.3. The van der Waals surface area contributed by atoms with Crippen LogP contribution in [0.3, 0.4) is 0 Å². The molecule has 0 bridgehead atoms. The van der Waals surface area contributed by atoms with Gasteiger partial charge < -0.3 is 9.80 Å². The fraction of sp³-hybridized carbons (Fsp3) is 0.381. The van der Waals surface area contributed by atoms with Gasteiger partial charge in [0.25, 0.3) is 11.8 Å². The SMILES string of the molecule is CCN(CC)C(=O)c1ccc(S(=O)(=O)N[C@H]2CCN(C(=O)c3ccccn3)C2)cc1. The zero-order valence-electron chi connectivity index (χ0n) is 17.1. The summed E-state index contributed by atoms with van der Waals surface area (Å²) in [6.07, 6.45) is 2.08. The predicted molar refractivity (Wildman–Crippen MR) is 113 cm³/mol. The zero-order chi connectivity index (χ0) is 21.7. The van der Waals surface area contributed by atoms with E-state index in [-0.39, 0.29) is 29.3 Å². The van der Waals surface area contributed by atoms with Gasteiger partial charge in [-0.15, -0.1) is 0 Å². The molecule has 30 heavy (non-hydrogen) atoms. The van der Waals surface area contributed by atoms with E-state index in [1.54, 1.807) is 34.2 Å². The van der Waals surface area contributed by atoms with Crippen LogP contribution in [-0.2, 0) is 10.0 Å². The van der Waals surface area contributed by atoms with E-state index in [4.69, 9.17) is 0 Å². The summed E-state index contributed by atoms with van der Waals surface area (Å²) in [5.41, 5.74) is 0.792. The summed E-state index contributed by atoms with van der Waals surface area (Å²) in [5, 5.41) is 0. The minimum atomic E-state index is -3.76. The molecule has 1 N–H and O–H groups in total. The van der Waals surface area contributed by atoms with Crippen molar-refractivity contribution >= 4 is 21.8 Å². The molecule has 1 aliphatic heterocycles. The summed E-state index contributed by atoms with van der Waals surface area (Å²) in [6, 6.07) is 10.7. The molecule has 1 atom stereocenters. The van der Waals surface area contributed by atoms with Crippen LogP contribution in [0.5, 0.6) is 0 Å². The Morgan fingerprint density at radius 2 is 1.83 bits per heavy atom. The van der Waals surface area contributed by atoms with Crippen LogP contribution < -0.4 is 4.72 Å². The lowest BCUT2D eigenvalue weighted by Gasteiger charge is -2.19. The van der Waals surface area contributed by atoms with Gasteiger partial charge in [-0.3, -0.25) is 14.6 Å². The third-order valence-corrected chi connectivity index (χ3v) is 6.68. The van der Waals surface area contributed by atoms with Crippen molar-refractivity contribution in [2.45, 2.75) is 31.2 Å². The fourth-order valence-corrected chi connectivity index (χ4v) is 4.71. The minimum absolute atomic E-state index is 0.0908. The number of carbonyl (C=O) groups excluding carboxylic acids is 2. The largest absolute Gasteiger partial charge is 0.339 e. The van der Waals surface area contributed by atoms with Crippen molar-refractivity contribution in [3.8, 4) is 0 Å². The van der Waals surface area contributed by atoms with Gasteiger partial charge in [0.2, 0.25) is 10.0 Å². The molecule has 1 aliphatic rings. The summed E-state index contributed by atoms with van der Waals surface area (Å²) in [7, 11) is -3.76. The molecule has 0 spiro atoms. The lowest BCUT2D eigenvalue weighted by molar-refractivity contribution is 0.0769. The Morgan fingerprint density at radius 1 is 1.13 bits per heavy atom. The molecular weight excluding hydrogens is 404 g/mol. The number of amides is 2. The van der Waals surface area contributed by atoms with Gasteiger partial charge >= 0.3 is 0 Å². The number of hydrogen-bond acceptors (Lipinski definition) is 5. The van der Waals surface area contributed by atoms with Crippen LogP contribution in [0.4, 0.5) is 0 Å². The summed E-state index contributed by atoms with van der Waals surface area (Å²) in [5.74, 6) is -0.340. The van der Waals surface area contributed by atoms with E-state index in [1.807, 2.05) is 13.8 Å². The highest BCUT2D eigenvalue weighted by Gasteiger charge is 2.30. The van der Waals surface area contributed by atoms with E-state index in [2.05, 4.69) is 9.71 Å². The highest BCUT2D eigenvalue weighted by Crippen LogP contribution is 2.17. The van der Waals surface area contributed by atoms with E-state index in [0.717, 1.165) is 0 Å². The smallest absolute Gasteiger partial charge is 0.272 e. The van der Waals surface area contributed by atoms with Crippen molar-refractivity contribution < 1.29 is 18.0 Å². The number of sulfonamides is 1. The van der Waals surface area contributed by atoms with E-state index in [9.17, 15) is 18.0 Å². The molecule has 2 amide bonds. The average molecular weight is 431 g/mol. The van der Waals surface area contributed by atoms with Gasteiger partial charge in [0.15, 0.2) is 0 Å².